The predicted octanol–water partition coefficient (Wildman–Crippen LogP) is 4.28. The SMILES string of the molecule is CCCSc1nnc2c(n1)NC(c1cccc(O)c1)Nc1ccccc1-2. The fourth-order valence-electron chi connectivity index (χ4n) is 2.86. The Labute approximate surface area is 156 Å². The zero-order chi connectivity index (χ0) is 17.9. The van der Waals surface area contributed by atoms with Crippen LogP contribution in [0.4, 0.5) is 11.5 Å². The van der Waals surface area contributed by atoms with Gasteiger partial charge in [-0.15, -0.1) is 10.2 Å². The minimum Gasteiger partial charge on any atom is -0.508 e. The van der Waals surface area contributed by atoms with Gasteiger partial charge in [0.25, 0.3) is 0 Å². The van der Waals surface area contributed by atoms with E-state index >= 15 is 0 Å². The fraction of sp³-hybridized carbons (Fsp3) is 0.211. The smallest absolute Gasteiger partial charge is 0.211 e. The number of rotatable bonds is 4. The van der Waals surface area contributed by atoms with Crippen molar-refractivity contribution in [1.82, 2.24) is 15.2 Å². The van der Waals surface area contributed by atoms with Gasteiger partial charge in [0.15, 0.2) is 5.82 Å². The van der Waals surface area contributed by atoms with Gasteiger partial charge in [0.1, 0.15) is 17.6 Å². The van der Waals surface area contributed by atoms with E-state index in [9.17, 15) is 5.11 Å². The number of aromatic hydroxyl groups is 1. The molecule has 0 bridgehead atoms. The average Bonchev–Trinajstić information content (AvgIpc) is 2.83. The molecule has 26 heavy (non-hydrogen) atoms. The molecule has 1 aliphatic rings. The second kappa shape index (κ2) is 7.21. The maximum atomic E-state index is 9.85. The zero-order valence-corrected chi connectivity index (χ0v) is 15.1. The van der Waals surface area contributed by atoms with Gasteiger partial charge in [-0.2, -0.15) is 0 Å². The number of nitrogens with zero attached hydrogens (tertiary/aromatic N) is 3. The Bertz CT molecular complexity index is 933. The van der Waals surface area contributed by atoms with E-state index in [1.165, 1.54) is 0 Å². The van der Waals surface area contributed by atoms with Crippen molar-refractivity contribution in [3.8, 4) is 17.0 Å². The van der Waals surface area contributed by atoms with Gasteiger partial charge >= 0.3 is 0 Å². The maximum Gasteiger partial charge on any atom is 0.211 e. The number of thioether (sulfide) groups is 1. The minimum atomic E-state index is -0.245. The first-order valence-corrected chi connectivity index (χ1v) is 9.52. The number of aromatic nitrogens is 3. The van der Waals surface area contributed by atoms with E-state index in [2.05, 4.69) is 32.7 Å². The van der Waals surface area contributed by atoms with Crippen LogP contribution in [0.5, 0.6) is 5.75 Å². The van der Waals surface area contributed by atoms with Crippen molar-refractivity contribution in [3.63, 3.8) is 0 Å². The van der Waals surface area contributed by atoms with E-state index in [-0.39, 0.29) is 11.9 Å². The van der Waals surface area contributed by atoms with Crippen LogP contribution in [-0.2, 0) is 0 Å². The van der Waals surface area contributed by atoms with E-state index in [0.29, 0.717) is 11.0 Å². The Morgan fingerprint density at radius 1 is 1.08 bits per heavy atom. The molecule has 3 aromatic rings. The summed E-state index contributed by atoms with van der Waals surface area (Å²) in [6, 6.07) is 15.1. The molecule has 2 aromatic carbocycles. The van der Waals surface area contributed by atoms with Crippen LogP contribution in [0.2, 0.25) is 0 Å². The van der Waals surface area contributed by atoms with Crippen molar-refractivity contribution >= 4 is 23.3 Å². The van der Waals surface area contributed by atoms with E-state index in [1.807, 2.05) is 36.4 Å². The van der Waals surface area contributed by atoms with E-state index in [1.54, 1.807) is 23.9 Å². The van der Waals surface area contributed by atoms with Crippen molar-refractivity contribution in [1.29, 1.82) is 0 Å². The molecule has 0 saturated carbocycles. The molecule has 0 fully saturated rings. The van der Waals surface area contributed by atoms with Crippen LogP contribution in [0, 0.1) is 0 Å². The summed E-state index contributed by atoms with van der Waals surface area (Å²) in [6.07, 6.45) is 0.805. The first-order chi connectivity index (χ1) is 12.7. The number of fused-ring (bicyclic) bond motifs is 3. The molecular formula is C19H19N5OS. The van der Waals surface area contributed by atoms with Crippen LogP contribution >= 0.6 is 11.8 Å². The molecule has 6 nitrogen and oxygen atoms in total. The summed E-state index contributed by atoms with van der Waals surface area (Å²) in [5.74, 6) is 1.86. The predicted molar refractivity (Wildman–Crippen MR) is 104 cm³/mol. The molecule has 7 heteroatoms. The number of hydrogen-bond acceptors (Lipinski definition) is 7. The summed E-state index contributed by atoms with van der Waals surface area (Å²) >= 11 is 1.60. The third-order valence-corrected chi connectivity index (χ3v) is 5.11. The van der Waals surface area contributed by atoms with E-state index < -0.39 is 0 Å². The fourth-order valence-corrected chi connectivity index (χ4v) is 3.50. The van der Waals surface area contributed by atoms with E-state index in [0.717, 1.165) is 34.7 Å². The molecule has 0 radical (unpaired) electrons. The summed E-state index contributed by atoms with van der Waals surface area (Å²) < 4.78 is 0. The molecule has 132 valence electrons. The summed E-state index contributed by atoms with van der Waals surface area (Å²) in [6.45, 7) is 2.13. The lowest BCUT2D eigenvalue weighted by molar-refractivity contribution is 0.474. The third kappa shape index (κ3) is 3.30. The van der Waals surface area contributed by atoms with Crippen molar-refractivity contribution in [2.75, 3.05) is 16.4 Å². The Morgan fingerprint density at radius 2 is 1.96 bits per heavy atom. The van der Waals surface area contributed by atoms with Crippen molar-refractivity contribution in [2.24, 2.45) is 0 Å². The monoisotopic (exact) mass is 365 g/mol. The van der Waals surface area contributed by atoms with Gasteiger partial charge in [0, 0.05) is 17.0 Å². The van der Waals surface area contributed by atoms with Crippen LogP contribution in [0.3, 0.4) is 0 Å². The number of phenolic OH excluding ortho intramolecular Hbond substituents is 1. The normalized spacial score (nSPS) is 15.2. The maximum absolute atomic E-state index is 9.85. The van der Waals surface area contributed by atoms with Crippen LogP contribution in [0.25, 0.3) is 11.3 Å². The van der Waals surface area contributed by atoms with Crippen molar-refractivity contribution in [2.45, 2.75) is 24.7 Å². The molecule has 4 rings (SSSR count). The lowest BCUT2D eigenvalue weighted by atomic mass is 10.1. The minimum absolute atomic E-state index is 0.226. The van der Waals surface area contributed by atoms with Gasteiger partial charge < -0.3 is 15.7 Å². The Hall–Kier alpha value is -2.80. The average molecular weight is 365 g/mol. The molecular weight excluding hydrogens is 346 g/mol. The lowest BCUT2D eigenvalue weighted by Gasteiger charge is -2.20. The number of nitrogens with one attached hydrogen (secondary N) is 2. The number of phenols is 1. The van der Waals surface area contributed by atoms with Crippen molar-refractivity contribution in [3.05, 3.63) is 54.1 Å². The second-order valence-electron chi connectivity index (χ2n) is 6.00. The molecule has 0 amide bonds. The lowest BCUT2D eigenvalue weighted by Crippen LogP contribution is -2.19. The highest BCUT2D eigenvalue weighted by Gasteiger charge is 2.24. The van der Waals surface area contributed by atoms with Crippen LogP contribution in [0.1, 0.15) is 25.1 Å². The molecule has 1 atom stereocenters. The van der Waals surface area contributed by atoms with Crippen LogP contribution in [0.15, 0.2) is 53.7 Å². The number of anilines is 2. The Balaban J connectivity index is 1.79. The zero-order valence-electron chi connectivity index (χ0n) is 14.3. The Kier molecular flexibility index (Phi) is 4.62. The first-order valence-electron chi connectivity index (χ1n) is 8.53. The van der Waals surface area contributed by atoms with E-state index in [4.69, 9.17) is 0 Å². The van der Waals surface area contributed by atoms with Crippen LogP contribution < -0.4 is 10.6 Å². The topological polar surface area (TPSA) is 83.0 Å². The number of para-hydroxylation sites is 1. The van der Waals surface area contributed by atoms with Gasteiger partial charge in [-0.25, -0.2) is 4.98 Å². The Morgan fingerprint density at radius 3 is 2.81 bits per heavy atom. The van der Waals surface area contributed by atoms with Gasteiger partial charge in [-0.1, -0.05) is 49.0 Å². The molecule has 1 unspecified atom stereocenters. The largest absolute Gasteiger partial charge is 0.508 e. The highest BCUT2D eigenvalue weighted by Crippen LogP contribution is 2.38. The highest BCUT2D eigenvalue weighted by atomic mass is 32.2. The molecule has 0 saturated heterocycles. The van der Waals surface area contributed by atoms with Gasteiger partial charge in [0.05, 0.1) is 0 Å². The first kappa shape index (κ1) is 16.7. The molecule has 2 heterocycles. The third-order valence-electron chi connectivity index (χ3n) is 4.07. The quantitative estimate of drug-likeness (QED) is 0.595. The van der Waals surface area contributed by atoms with Crippen molar-refractivity contribution < 1.29 is 5.11 Å². The standard InChI is InChI=1S/C19H19N5OS/c1-2-10-26-19-22-18-16(23-24-19)14-8-3-4-9-15(14)20-17(21-18)12-6-5-7-13(25)11-12/h3-9,11,17,20,25H,2,10H2,1H3,(H,21,22,24). The summed E-state index contributed by atoms with van der Waals surface area (Å²) in [5.41, 5.74) is 3.52. The molecule has 1 aromatic heterocycles. The number of benzene rings is 2. The van der Waals surface area contributed by atoms with Gasteiger partial charge in [0.2, 0.25) is 5.16 Å². The summed E-state index contributed by atoms with van der Waals surface area (Å²) in [4.78, 5) is 4.68. The molecule has 0 spiro atoms. The molecule has 1 aliphatic heterocycles. The summed E-state index contributed by atoms with van der Waals surface area (Å²) in [7, 11) is 0. The summed E-state index contributed by atoms with van der Waals surface area (Å²) in [5, 5.41) is 26.1. The van der Waals surface area contributed by atoms with Gasteiger partial charge in [-0.3, -0.25) is 0 Å². The van der Waals surface area contributed by atoms with Crippen LogP contribution in [-0.4, -0.2) is 26.0 Å². The molecule has 0 aliphatic carbocycles. The molecule has 3 N–H and O–H groups in total. The van der Waals surface area contributed by atoms with Gasteiger partial charge in [-0.05, 0) is 30.2 Å². The highest BCUT2D eigenvalue weighted by molar-refractivity contribution is 7.99. The number of hydrogen-bond donors (Lipinski definition) is 3. The second-order valence-corrected chi connectivity index (χ2v) is 7.06.